The summed E-state index contributed by atoms with van der Waals surface area (Å²) in [6, 6.07) is 0. The maximum atomic E-state index is 5.76. The van der Waals surface area contributed by atoms with Crippen LogP contribution < -0.4 is 10.6 Å². The Morgan fingerprint density at radius 2 is 2.26 bits per heavy atom. The fraction of sp³-hybridized carbons (Fsp3) is 0.625. The number of thiazole rings is 1. The van der Waals surface area contributed by atoms with E-state index in [1.54, 1.807) is 18.4 Å². The zero-order chi connectivity index (χ0) is 16.7. The lowest BCUT2D eigenvalue weighted by molar-refractivity contribution is 0.0258. The Balaban J connectivity index is 1.75. The molecule has 2 N–H and O–H groups in total. The Kier molecular flexibility index (Phi) is 6.85. The van der Waals surface area contributed by atoms with Gasteiger partial charge in [-0.05, 0) is 19.3 Å². The minimum absolute atomic E-state index is 0.283. The van der Waals surface area contributed by atoms with Gasteiger partial charge >= 0.3 is 0 Å². The fourth-order valence-electron chi connectivity index (χ4n) is 2.41. The van der Waals surface area contributed by atoms with E-state index in [4.69, 9.17) is 4.74 Å². The van der Waals surface area contributed by atoms with Crippen molar-refractivity contribution in [1.29, 1.82) is 0 Å². The Labute approximate surface area is 142 Å². The standard InChI is InChI=1S/C16H27N5OS/c1-5-22-14(12(2)3)6-7-18-15(17-4)19-10-13-11-21-8-9-23-16(21)20-13/h8-9,11-12,14H,5-7,10H2,1-4H3,(H2,17,18,19). The van der Waals surface area contributed by atoms with E-state index >= 15 is 0 Å². The number of hydrogen-bond acceptors (Lipinski definition) is 4. The van der Waals surface area contributed by atoms with Gasteiger partial charge in [0.15, 0.2) is 10.9 Å². The van der Waals surface area contributed by atoms with Crippen molar-refractivity contribution in [2.75, 3.05) is 20.2 Å². The molecule has 0 aromatic carbocycles. The van der Waals surface area contributed by atoms with E-state index in [2.05, 4.69) is 34.5 Å². The normalized spacial score (nSPS) is 13.7. The SMILES string of the molecule is CCOC(CCNC(=NC)NCc1cn2ccsc2n1)C(C)C. The fourth-order valence-corrected chi connectivity index (χ4v) is 3.13. The van der Waals surface area contributed by atoms with Gasteiger partial charge in [0.05, 0.1) is 18.3 Å². The molecule has 0 bridgehead atoms. The predicted octanol–water partition coefficient (Wildman–Crippen LogP) is 2.51. The molecule has 2 aromatic rings. The number of fused-ring (bicyclic) bond motifs is 1. The first-order valence-electron chi connectivity index (χ1n) is 8.11. The van der Waals surface area contributed by atoms with Crippen LogP contribution in [0.1, 0.15) is 32.9 Å². The molecular formula is C16H27N5OS. The maximum absolute atomic E-state index is 5.76. The molecule has 0 aliphatic carbocycles. The number of guanidine groups is 1. The molecule has 0 amide bonds. The first-order chi connectivity index (χ1) is 11.1. The molecule has 0 spiro atoms. The number of nitrogens with zero attached hydrogens (tertiary/aromatic N) is 3. The highest BCUT2D eigenvalue weighted by Gasteiger charge is 2.13. The van der Waals surface area contributed by atoms with Crippen molar-refractivity contribution in [2.24, 2.45) is 10.9 Å². The van der Waals surface area contributed by atoms with E-state index in [-0.39, 0.29) is 6.10 Å². The third kappa shape index (κ3) is 5.21. The first kappa shape index (κ1) is 17.7. The summed E-state index contributed by atoms with van der Waals surface area (Å²) in [4.78, 5) is 9.82. The maximum Gasteiger partial charge on any atom is 0.193 e. The summed E-state index contributed by atoms with van der Waals surface area (Å²) in [6.07, 6.45) is 5.30. The Morgan fingerprint density at radius 3 is 2.91 bits per heavy atom. The molecule has 6 nitrogen and oxygen atoms in total. The van der Waals surface area contributed by atoms with Crippen LogP contribution in [0, 0.1) is 5.92 Å². The summed E-state index contributed by atoms with van der Waals surface area (Å²) in [5.74, 6) is 1.31. The molecule has 0 aliphatic rings. The molecule has 1 unspecified atom stereocenters. The van der Waals surface area contributed by atoms with Gasteiger partial charge in [0.25, 0.3) is 0 Å². The number of rotatable bonds is 8. The Hall–Kier alpha value is -1.60. The van der Waals surface area contributed by atoms with E-state index in [0.717, 1.165) is 36.2 Å². The molecule has 0 saturated carbocycles. The highest BCUT2D eigenvalue weighted by molar-refractivity contribution is 7.15. The van der Waals surface area contributed by atoms with Gasteiger partial charge in [0.1, 0.15) is 0 Å². The average Bonchev–Trinajstić information content (AvgIpc) is 3.10. The number of imidazole rings is 1. The van der Waals surface area contributed by atoms with Crippen LogP contribution in [-0.4, -0.2) is 41.6 Å². The van der Waals surface area contributed by atoms with Crippen molar-refractivity contribution in [3.63, 3.8) is 0 Å². The molecule has 7 heteroatoms. The van der Waals surface area contributed by atoms with Crippen LogP contribution in [0.3, 0.4) is 0 Å². The molecule has 0 fully saturated rings. The van der Waals surface area contributed by atoms with Crippen molar-refractivity contribution in [1.82, 2.24) is 20.0 Å². The summed E-state index contributed by atoms with van der Waals surface area (Å²) >= 11 is 1.64. The molecule has 128 valence electrons. The highest BCUT2D eigenvalue weighted by Crippen LogP contribution is 2.11. The summed E-state index contributed by atoms with van der Waals surface area (Å²) in [7, 11) is 1.78. The average molecular weight is 337 g/mol. The van der Waals surface area contributed by atoms with Gasteiger partial charge in [-0.2, -0.15) is 0 Å². The van der Waals surface area contributed by atoms with Crippen molar-refractivity contribution in [2.45, 2.75) is 39.8 Å². The molecule has 0 saturated heterocycles. The Bertz CT molecular complexity index is 590. The number of ether oxygens (including phenoxy) is 1. The minimum atomic E-state index is 0.283. The van der Waals surface area contributed by atoms with Crippen LogP contribution in [0.5, 0.6) is 0 Å². The van der Waals surface area contributed by atoms with Crippen LogP contribution in [0.15, 0.2) is 22.8 Å². The van der Waals surface area contributed by atoms with Crippen molar-refractivity contribution in [3.8, 4) is 0 Å². The number of aromatic nitrogens is 2. The number of hydrogen-bond donors (Lipinski definition) is 2. The third-order valence-corrected chi connectivity index (χ3v) is 4.42. The lowest BCUT2D eigenvalue weighted by Crippen LogP contribution is -2.39. The van der Waals surface area contributed by atoms with Crippen molar-refractivity contribution >= 4 is 22.3 Å². The predicted molar refractivity (Wildman–Crippen MR) is 96.1 cm³/mol. The van der Waals surface area contributed by atoms with Crippen LogP contribution in [0.2, 0.25) is 0 Å². The van der Waals surface area contributed by atoms with Crippen LogP contribution in [0.4, 0.5) is 0 Å². The monoisotopic (exact) mass is 337 g/mol. The lowest BCUT2D eigenvalue weighted by atomic mass is 10.0. The highest BCUT2D eigenvalue weighted by atomic mass is 32.1. The van der Waals surface area contributed by atoms with E-state index in [9.17, 15) is 0 Å². The van der Waals surface area contributed by atoms with Crippen molar-refractivity contribution < 1.29 is 4.74 Å². The van der Waals surface area contributed by atoms with E-state index in [1.165, 1.54) is 0 Å². The summed E-state index contributed by atoms with van der Waals surface area (Å²) in [6.45, 7) is 8.68. The van der Waals surface area contributed by atoms with E-state index in [1.807, 2.05) is 29.1 Å². The van der Waals surface area contributed by atoms with Gasteiger partial charge in [0.2, 0.25) is 0 Å². The van der Waals surface area contributed by atoms with Gasteiger partial charge in [0, 0.05) is 38.0 Å². The van der Waals surface area contributed by atoms with Gasteiger partial charge in [-0.1, -0.05) is 13.8 Å². The quantitative estimate of drug-likeness (QED) is 0.574. The van der Waals surface area contributed by atoms with Crippen molar-refractivity contribution in [3.05, 3.63) is 23.5 Å². The second-order valence-corrected chi connectivity index (χ2v) is 6.58. The molecule has 0 aliphatic heterocycles. The lowest BCUT2D eigenvalue weighted by Gasteiger charge is -2.21. The number of nitrogens with one attached hydrogen (secondary N) is 2. The molecule has 2 heterocycles. The molecule has 1 atom stereocenters. The van der Waals surface area contributed by atoms with Gasteiger partial charge in [-0.25, -0.2) is 4.98 Å². The van der Waals surface area contributed by atoms with E-state index < -0.39 is 0 Å². The van der Waals surface area contributed by atoms with Crippen LogP contribution >= 0.6 is 11.3 Å². The smallest absolute Gasteiger partial charge is 0.193 e. The van der Waals surface area contributed by atoms with E-state index in [0.29, 0.717) is 12.5 Å². The topological polar surface area (TPSA) is 63.0 Å². The van der Waals surface area contributed by atoms with Crippen LogP contribution in [0.25, 0.3) is 4.96 Å². The van der Waals surface area contributed by atoms with Crippen LogP contribution in [-0.2, 0) is 11.3 Å². The zero-order valence-electron chi connectivity index (χ0n) is 14.4. The molecule has 2 rings (SSSR count). The molecule has 23 heavy (non-hydrogen) atoms. The van der Waals surface area contributed by atoms with Gasteiger partial charge in [-0.15, -0.1) is 11.3 Å². The second kappa shape index (κ2) is 8.88. The number of aliphatic imine (C=N–C) groups is 1. The van der Waals surface area contributed by atoms with Gasteiger partial charge < -0.3 is 15.4 Å². The summed E-state index contributed by atoms with van der Waals surface area (Å²) in [5, 5.41) is 8.67. The van der Waals surface area contributed by atoms with Gasteiger partial charge in [-0.3, -0.25) is 9.39 Å². The summed E-state index contributed by atoms with van der Waals surface area (Å²) < 4.78 is 7.80. The zero-order valence-corrected chi connectivity index (χ0v) is 15.2. The molecular weight excluding hydrogens is 310 g/mol. The minimum Gasteiger partial charge on any atom is -0.378 e. The molecule has 0 radical (unpaired) electrons. The first-order valence-corrected chi connectivity index (χ1v) is 8.99. The molecule has 2 aromatic heterocycles. The second-order valence-electron chi connectivity index (χ2n) is 5.70. The summed E-state index contributed by atoms with van der Waals surface area (Å²) in [5.41, 5.74) is 1.01. The Morgan fingerprint density at radius 1 is 1.43 bits per heavy atom. The third-order valence-electron chi connectivity index (χ3n) is 3.65. The largest absolute Gasteiger partial charge is 0.378 e.